The number of nitrogens with one attached hydrogen (secondary N) is 1. The van der Waals surface area contributed by atoms with Gasteiger partial charge in [-0.1, -0.05) is 56.5 Å². The van der Waals surface area contributed by atoms with Crippen molar-refractivity contribution in [3.63, 3.8) is 0 Å². The molecular formula is C31H37N3O2. The number of benzene rings is 3. The number of unbranched alkanes of at least 4 members (excludes halogenated alkanes) is 3. The van der Waals surface area contributed by atoms with Gasteiger partial charge in [0.15, 0.2) is 0 Å². The Labute approximate surface area is 215 Å². The van der Waals surface area contributed by atoms with E-state index in [1.807, 2.05) is 72.5 Å². The average Bonchev–Trinajstić information content (AvgIpc) is 2.92. The monoisotopic (exact) mass is 483 g/mol. The molecule has 1 aliphatic rings. The van der Waals surface area contributed by atoms with Gasteiger partial charge in [-0.25, -0.2) is 0 Å². The number of carbonyl (C=O) groups excluding carboxylic acids is 2. The van der Waals surface area contributed by atoms with Crippen molar-refractivity contribution in [3.05, 3.63) is 95.1 Å². The van der Waals surface area contributed by atoms with Crippen LogP contribution in [0.25, 0.3) is 0 Å². The quantitative estimate of drug-likeness (QED) is 0.362. The van der Waals surface area contributed by atoms with E-state index in [-0.39, 0.29) is 11.8 Å². The third-order valence-corrected chi connectivity index (χ3v) is 6.97. The van der Waals surface area contributed by atoms with Gasteiger partial charge in [-0.3, -0.25) is 9.59 Å². The fourth-order valence-corrected chi connectivity index (χ4v) is 4.69. The van der Waals surface area contributed by atoms with Crippen molar-refractivity contribution in [1.29, 1.82) is 0 Å². The van der Waals surface area contributed by atoms with E-state index < -0.39 is 0 Å². The Balaban J connectivity index is 1.27. The number of carbonyl (C=O) groups is 2. The van der Waals surface area contributed by atoms with Crippen LogP contribution >= 0.6 is 0 Å². The molecule has 1 saturated heterocycles. The number of piperazine rings is 1. The molecule has 0 unspecified atom stereocenters. The van der Waals surface area contributed by atoms with E-state index in [1.54, 1.807) is 0 Å². The molecule has 3 aromatic carbocycles. The molecule has 0 aliphatic carbocycles. The van der Waals surface area contributed by atoms with E-state index in [9.17, 15) is 9.59 Å². The highest BCUT2D eigenvalue weighted by Gasteiger charge is 2.23. The van der Waals surface area contributed by atoms with Gasteiger partial charge in [0, 0.05) is 48.7 Å². The Hall–Kier alpha value is -3.60. The largest absolute Gasteiger partial charge is 0.368 e. The zero-order valence-electron chi connectivity index (χ0n) is 21.5. The summed E-state index contributed by atoms with van der Waals surface area (Å²) < 4.78 is 0. The van der Waals surface area contributed by atoms with E-state index in [0.29, 0.717) is 18.7 Å². The van der Waals surface area contributed by atoms with Crippen molar-refractivity contribution >= 4 is 23.2 Å². The second kappa shape index (κ2) is 12.4. The maximum atomic E-state index is 12.9. The SMILES string of the molecule is CCCCCCc1ccc(C(=O)Nc2ccc(N3CCN(C(=O)c4ccccc4C)CC3)cc2)cc1. The second-order valence-corrected chi connectivity index (χ2v) is 9.60. The fraction of sp³-hybridized carbons (Fsp3) is 0.355. The van der Waals surface area contributed by atoms with Crippen molar-refractivity contribution in [2.75, 3.05) is 36.4 Å². The van der Waals surface area contributed by atoms with Crippen LogP contribution in [-0.2, 0) is 6.42 Å². The van der Waals surface area contributed by atoms with Gasteiger partial charge in [-0.05, 0) is 73.4 Å². The third-order valence-electron chi connectivity index (χ3n) is 6.97. The van der Waals surface area contributed by atoms with Gasteiger partial charge in [0.05, 0.1) is 0 Å². The molecule has 36 heavy (non-hydrogen) atoms. The van der Waals surface area contributed by atoms with Crippen LogP contribution < -0.4 is 10.2 Å². The zero-order valence-corrected chi connectivity index (χ0v) is 21.5. The first-order chi connectivity index (χ1) is 17.5. The minimum Gasteiger partial charge on any atom is -0.368 e. The first-order valence-electron chi connectivity index (χ1n) is 13.2. The molecule has 0 aromatic heterocycles. The molecule has 3 aromatic rings. The summed E-state index contributed by atoms with van der Waals surface area (Å²) in [6, 6.07) is 23.7. The summed E-state index contributed by atoms with van der Waals surface area (Å²) in [5, 5.41) is 3.00. The number of aryl methyl sites for hydroxylation is 2. The Morgan fingerprint density at radius 2 is 1.50 bits per heavy atom. The Morgan fingerprint density at radius 3 is 2.17 bits per heavy atom. The van der Waals surface area contributed by atoms with Crippen LogP contribution in [0.4, 0.5) is 11.4 Å². The van der Waals surface area contributed by atoms with Gasteiger partial charge in [0.25, 0.3) is 11.8 Å². The van der Waals surface area contributed by atoms with Crippen molar-refractivity contribution in [3.8, 4) is 0 Å². The van der Waals surface area contributed by atoms with Gasteiger partial charge >= 0.3 is 0 Å². The van der Waals surface area contributed by atoms with E-state index in [1.165, 1.54) is 31.2 Å². The van der Waals surface area contributed by atoms with Crippen molar-refractivity contribution in [1.82, 2.24) is 4.90 Å². The molecule has 1 aliphatic heterocycles. The lowest BCUT2D eigenvalue weighted by molar-refractivity contribution is 0.0746. The number of hydrogen-bond donors (Lipinski definition) is 1. The van der Waals surface area contributed by atoms with E-state index in [4.69, 9.17) is 0 Å². The first kappa shape index (κ1) is 25.5. The summed E-state index contributed by atoms with van der Waals surface area (Å²) in [7, 11) is 0. The van der Waals surface area contributed by atoms with E-state index in [2.05, 4.69) is 29.3 Å². The molecule has 4 rings (SSSR count). The number of hydrogen-bond acceptors (Lipinski definition) is 3. The van der Waals surface area contributed by atoms with Gasteiger partial charge < -0.3 is 15.1 Å². The van der Waals surface area contributed by atoms with Crippen molar-refractivity contribution in [2.45, 2.75) is 46.0 Å². The smallest absolute Gasteiger partial charge is 0.255 e. The van der Waals surface area contributed by atoms with Crippen LogP contribution in [0.3, 0.4) is 0 Å². The molecule has 188 valence electrons. The molecule has 1 fully saturated rings. The van der Waals surface area contributed by atoms with Crippen molar-refractivity contribution < 1.29 is 9.59 Å². The van der Waals surface area contributed by atoms with E-state index in [0.717, 1.165) is 42.0 Å². The minimum atomic E-state index is -0.0939. The van der Waals surface area contributed by atoms with Crippen LogP contribution in [0.2, 0.25) is 0 Å². The molecule has 0 spiro atoms. The van der Waals surface area contributed by atoms with Gasteiger partial charge in [0.2, 0.25) is 0 Å². The summed E-state index contributed by atoms with van der Waals surface area (Å²) in [4.78, 5) is 29.8. The highest BCUT2D eigenvalue weighted by atomic mass is 16.2. The highest BCUT2D eigenvalue weighted by molar-refractivity contribution is 6.04. The Bertz CT molecular complexity index is 1150. The van der Waals surface area contributed by atoms with Crippen LogP contribution in [-0.4, -0.2) is 42.9 Å². The maximum absolute atomic E-state index is 12.9. The molecule has 5 heteroatoms. The molecule has 0 radical (unpaired) electrons. The van der Waals surface area contributed by atoms with Gasteiger partial charge in [-0.2, -0.15) is 0 Å². The number of rotatable bonds is 9. The lowest BCUT2D eigenvalue weighted by Crippen LogP contribution is -2.48. The second-order valence-electron chi connectivity index (χ2n) is 9.60. The summed E-state index contributed by atoms with van der Waals surface area (Å²) >= 11 is 0. The normalized spacial score (nSPS) is 13.5. The topological polar surface area (TPSA) is 52.7 Å². The van der Waals surface area contributed by atoms with Crippen LogP contribution in [0.1, 0.15) is 64.4 Å². The molecule has 2 amide bonds. The van der Waals surface area contributed by atoms with E-state index >= 15 is 0 Å². The lowest BCUT2D eigenvalue weighted by atomic mass is 10.0. The molecule has 0 atom stereocenters. The standard InChI is InChI=1S/C31H37N3O2/c1-3-4-5-6-10-25-12-14-26(15-13-25)30(35)32-27-16-18-28(19-17-27)33-20-22-34(23-21-33)31(36)29-11-8-7-9-24(29)2/h7-9,11-19H,3-6,10,20-23H2,1-2H3,(H,32,35). The summed E-state index contributed by atoms with van der Waals surface area (Å²) in [5.74, 6) is 0.0129. The Kier molecular flexibility index (Phi) is 8.77. The summed E-state index contributed by atoms with van der Waals surface area (Å²) in [5.41, 5.74) is 5.64. The maximum Gasteiger partial charge on any atom is 0.255 e. The van der Waals surface area contributed by atoms with Crippen LogP contribution in [0.5, 0.6) is 0 Å². The molecular weight excluding hydrogens is 446 g/mol. The fourth-order valence-electron chi connectivity index (χ4n) is 4.69. The summed E-state index contributed by atoms with van der Waals surface area (Å²) in [6.45, 7) is 7.16. The van der Waals surface area contributed by atoms with Gasteiger partial charge in [-0.15, -0.1) is 0 Å². The summed E-state index contributed by atoms with van der Waals surface area (Å²) in [6.07, 6.45) is 6.05. The highest BCUT2D eigenvalue weighted by Crippen LogP contribution is 2.21. The predicted molar refractivity (Wildman–Crippen MR) is 148 cm³/mol. The van der Waals surface area contributed by atoms with Crippen LogP contribution in [0.15, 0.2) is 72.8 Å². The first-order valence-corrected chi connectivity index (χ1v) is 13.2. The molecule has 1 heterocycles. The molecule has 1 N–H and O–H groups in total. The number of anilines is 2. The number of amides is 2. The minimum absolute atomic E-state index is 0.0939. The van der Waals surface area contributed by atoms with Crippen molar-refractivity contribution in [2.24, 2.45) is 0 Å². The zero-order chi connectivity index (χ0) is 25.3. The average molecular weight is 484 g/mol. The van der Waals surface area contributed by atoms with Gasteiger partial charge in [0.1, 0.15) is 0 Å². The predicted octanol–water partition coefficient (Wildman–Crippen LogP) is 6.33. The molecule has 0 saturated carbocycles. The Morgan fingerprint density at radius 1 is 0.806 bits per heavy atom. The lowest BCUT2D eigenvalue weighted by Gasteiger charge is -2.36. The third kappa shape index (κ3) is 6.54. The molecule has 5 nitrogen and oxygen atoms in total. The number of nitrogens with zero attached hydrogens (tertiary/aromatic N) is 2. The van der Waals surface area contributed by atoms with Crippen LogP contribution in [0, 0.1) is 6.92 Å². The molecule has 0 bridgehead atoms.